The Morgan fingerprint density at radius 1 is 1.08 bits per heavy atom. The maximum atomic E-state index is 12.3. The minimum absolute atomic E-state index is 0.00447. The maximum Gasteiger partial charge on any atom is 0.238 e. The van der Waals surface area contributed by atoms with Gasteiger partial charge < -0.3 is 14.8 Å². The number of morpholine rings is 1. The van der Waals surface area contributed by atoms with Crippen molar-refractivity contribution in [2.75, 3.05) is 38.2 Å². The minimum atomic E-state index is 0.00447. The van der Waals surface area contributed by atoms with Crippen LogP contribution in [0.1, 0.15) is 11.1 Å². The normalized spacial score (nSPS) is 15.0. The first-order valence-corrected chi connectivity index (χ1v) is 8.56. The number of para-hydroxylation sites is 1. The zero-order valence-electron chi connectivity index (χ0n) is 14.7. The van der Waals surface area contributed by atoms with E-state index in [0.29, 0.717) is 19.8 Å². The summed E-state index contributed by atoms with van der Waals surface area (Å²) in [6.45, 7) is 7.34. The smallest absolute Gasteiger partial charge is 0.238 e. The maximum absolute atomic E-state index is 12.3. The van der Waals surface area contributed by atoms with Crippen LogP contribution in [0.4, 0.5) is 5.69 Å². The molecule has 1 aliphatic heterocycles. The highest BCUT2D eigenvalue weighted by atomic mass is 16.5. The third kappa shape index (κ3) is 4.81. The Balaban J connectivity index is 1.66. The van der Waals surface area contributed by atoms with Crippen molar-refractivity contribution in [1.82, 2.24) is 4.90 Å². The average molecular weight is 340 g/mol. The third-order valence-corrected chi connectivity index (χ3v) is 4.22. The van der Waals surface area contributed by atoms with E-state index in [2.05, 4.69) is 10.2 Å². The van der Waals surface area contributed by atoms with Gasteiger partial charge in [-0.15, -0.1) is 0 Å². The van der Waals surface area contributed by atoms with E-state index < -0.39 is 0 Å². The molecule has 1 heterocycles. The second-order valence-electron chi connectivity index (χ2n) is 6.28. The molecule has 1 N–H and O–H groups in total. The van der Waals surface area contributed by atoms with E-state index in [1.165, 1.54) is 0 Å². The van der Waals surface area contributed by atoms with Gasteiger partial charge in [-0.05, 0) is 49.2 Å². The van der Waals surface area contributed by atoms with Gasteiger partial charge in [-0.1, -0.05) is 18.2 Å². The molecule has 0 bridgehead atoms. The summed E-state index contributed by atoms with van der Waals surface area (Å²) in [5.41, 5.74) is 2.83. The van der Waals surface area contributed by atoms with Crippen LogP contribution in [-0.4, -0.2) is 43.7 Å². The quantitative estimate of drug-likeness (QED) is 0.907. The van der Waals surface area contributed by atoms with E-state index in [0.717, 1.165) is 41.4 Å². The number of benzene rings is 2. The number of nitrogens with one attached hydrogen (secondary N) is 1. The number of nitrogens with zero attached hydrogens (tertiary/aromatic N) is 1. The molecule has 2 aromatic carbocycles. The molecule has 132 valence electrons. The van der Waals surface area contributed by atoms with Crippen LogP contribution in [0.5, 0.6) is 11.5 Å². The van der Waals surface area contributed by atoms with E-state index in [1.807, 2.05) is 56.3 Å². The SMILES string of the molecule is Cc1cc(Oc2ccccc2)cc(C)c1NC(=O)CN1CCOCC1. The molecule has 0 atom stereocenters. The highest BCUT2D eigenvalue weighted by Gasteiger charge is 2.16. The highest BCUT2D eigenvalue weighted by Crippen LogP contribution is 2.29. The Hall–Kier alpha value is -2.37. The number of hydrogen-bond acceptors (Lipinski definition) is 4. The predicted molar refractivity (Wildman–Crippen MR) is 98.3 cm³/mol. The minimum Gasteiger partial charge on any atom is -0.457 e. The van der Waals surface area contributed by atoms with Crippen LogP contribution >= 0.6 is 0 Å². The van der Waals surface area contributed by atoms with Gasteiger partial charge in [0.25, 0.3) is 0 Å². The van der Waals surface area contributed by atoms with Crippen LogP contribution in [0.15, 0.2) is 42.5 Å². The topological polar surface area (TPSA) is 50.8 Å². The highest BCUT2D eigenvalue weighted by molar-refractivity contribution is 5.93. The van der Waals surface area contributed by atoms with Crippen molar-refractivity contribution in [3.63, 3.8) is 0 Å². The Bertz CT molecular complexity index is 702. The largest absolute Gasteiger partial charge is 0.457 e. The lowest BCUT2D eigenvalue weighted by Gasteiger charge is -2.26. The summed E-state index contributed by atoms with van der Waals surface area (Å²) >= 11 is 0. The molecule has 0 aromatic heterocycles. The average Bonchev–Trinajstić information content (AvgIpc) is 2.60. The van der Waals surface area contributed by atoms with E-state index in [-0.39, 0.29) is 5.91 Å². The molecule has 5 nitrogen and oxygen atoms in total. The van der Waals surface area contributed by atoms with Gasteiger partial charge in [0.05, 0.1) is 19.8 Å². The summed E-state index contributed by atoms with van der Waals surface area (Å²) in [6.07, 6.45) is 0. The van der Waals surface area contributed by atoms with Crippen LogP contribution in [0, 0.1) is 13.8 Å². The molecule has 1 fully saturated rings. The van der Waals surface area contributed by atoms with Crippen molar-refractivity contribution < 1.29 is 14.3 Å². The van der Waals surface area contributed by atoms with E-state index in [9.17, 15) is 4.79 Å². The molecular weight excluding hydrogens is 316 g/mol. The molecule has 3 rings (SSSR count). The standard InChI is InChI=1S/C20H24N2O3/c1-15-12-18(25-17-6-4-3-5-7-17)13-16(2)20(15)21-19(23)14-22-8-10-24-11-9-22/h3-7,12-13H,8-11,14H2,1-2H3,(H,21,23). The Morgan fingerprint density at radius 3 is 2.36 bits per heavy atom. The van der Waals surface area contributed by atoms with Crippen LogP contribution in [0.2, 0.25) is 0 Å². The zero-order valence-corrected chi connectivity index (χ0v) is 14.7. The molecule has 0 spiro atoms. The number of hydrogen-bond donors (Lipinski definition) is 1. The number of carbonyl (C=O) groups excluding carboxylic acids is 1. The number of amides is 1. The first-order chi connectivity index (χ1) is 12.1. The van der Waals surface area contributed by atoms with Crippen molar-refractivity contribution in [3.05, 3.63) is 53.6 Å². The molecule has 0 saturated carbocycles. The summed E-state index contributed by atoms with van der Waals surface area (Å²) in [6, 6.07) is 13.6. The summed E-state index contributed by atoms with van der Waals surface area (Å²) in [5.74, 6) is 1.57. The summed E-state index contributed by atoms with van der Waals surface area (Å²) in [4.78, 5) is 14.4. The van der Waals surface area contributed by atoms with Gasteiger partial charge in [0.15, 0.2) is 0 Å². The zero-order chi connectivity index (χ0) is 17.6. The molecule has 1 aliphatic rings. The van der Waals surface area contributed by atoms with E-state index in [1.54, 1.807) is 0 Å². The van der Waals surface area contributed by atoms with Gasteiger partial charge in [0.1, 0.15) is 11.5 Å². The molecule has 1 amide bonds. The number of anilines is 1. The first kappa shape index (κ1) is 17.5. The van der Waals surface area contributed by atoms with Crippen molar-refractivity contribution >= 4 is 11.6 Å². The second kappa shape index (κ2) is 8.14. The van der Waals surface area contributed by atoms with E-state index >= 15 is 0 Å². The second-order valence-corrected chi connectivity index (χ2v) is 6.28. The summed E-state index contributed by atoms with van der Waals surface area (Å²) in [5, 5.41) is 3.04. The van der Waals surface area contributed by atoms with Gasteiger partial charge in [0.2, 0.25) is 5.91 Å². The molecular formula is C20H24N2O3. The molecule has 1 saturated heterocycles. The number of ether oxygens (including phenoxy) is 2. The molecule has 0 radical (unpaired) electrons. The van der Waals surface area contributed by atoms with Crippen LogP contribution in [-0.2, 0) is 9.53 Å². The molecule has 5 heteroatoms. The van der Waals surface area contributed by atoms with E-state index in [4.69, 9.17) is 9.47 Å². The lowest BCUT2D eigenvalue weighted by Crippen LogP contribution is -2.41. The molecule has 2 aromatic rings. The van der Waals surface area contributed by atoms with Gasteiger partial charge in [-0.2, -0.15) is 0 Å². The Kier molecular flexibility index (Phi) is 5.68. The number of rotatable bonds is 5. The monoisotopic (exact) mass is 340 g/mol. The molecule has 0 aliphatic carbocycles. The first-order valence-electron chi connectivity index (χ1n) is 8.56. The lowest BCUT2D eigenvalue weighted by molar-refractivity contribution is -0.118. The predicted octanol–water partition coefficient (Wildman–Crippen LogP) is 3.37. The van der Waals surface area contributed by atoms with Crippen molar-refractivity contribution in [1.29, 1.82) is 0 Å². The summed E-state index contributed by atoms with van der Waals surface area (Å²) in [7, 11) is 0. The molecule has 25 heavy (non-hydrogen) atoms. The third-order valence-electron chi connectivity index (χ3n) is 4.22. The van der Waals surface area contributed by atoms with Crippen molar-refractivity contribution in [3.8, 4) is 11.5 Å². The molecule has 0 unspecified atom stereocenters. The lowest BCUT2D eigenvalue weighted by atomic mass is 10.1. The van der Waals surface area contributed by atoms with Gasteiger partial charge >= 0.3 is 0 Å². The van der Waals surface area contributed by atoms with Gasteiger partial charge in [-0.25, -0.2) is 0 Å². The fourth-order valence-corrected chi connectivity index (χ4v) is 2.95. The van der Waals surface area contributed by atoms with Crippen LogP contribution in [0.25, 0.3) is 0 Å². The van der Waals surface area contributed by atoms with Crippen molar-refractivity contribution in [2.45, 2.75) is 13.8 Å². The van der Waals surface area contributed by atoms with Crippen LogP contribution in [0.3, 0.4) is 0 Å². The van der Waals surface area contributed by atoms with Crippen molar-refractivity contribution in [2.24, 2.45) is 0 Å². The van der Waals surface area contributed by atoms with Gasteiger partial charge in [-0.3, -0.25) is 9.69 Å². The fourth-order valence-electron chi connectivity index (χ4n) is 2.95. The van der Waals surface area contributed by atoms with Gasteiger partial charge in [0, 0.05) is 18.8 Å². The number of aryl methyl sites for hydroxylation is 2. The Labute approximate surface area is 148 Å². The number of carbonyl (C=O) groups is 1. The van der Waals surface area contributed by atoms with Crippen LogP contribution < -0.4 is 10.1 Å². The Morgan fingerprint density at radius 2 is 1.72 bits per heavy atom. The summed E-state index contributed by atoms with van der Waals surface area (Å²) < 4.78 is 11.2. The fraction of sp³-hybridized carbons (Fsp3) is 0.350.